The highest BCUT2D eigenvalue weighted by atomic mass is 35.5. The molecule has 2 amide bonds. The van der Waals surface area contributed by atoms with E-state index in [0.29, 0.717) is 61.4 Å². The molecule has 2 aromatic carbocycles. The Morgan fingerprint density at radius 1 is 0.976 bits per heavy atom. The Labute approximate surface area is 244 Å². The van der Waals surface area contributed by atoms with E-state index >= 15 is 0 Å². The van der Waals surface area contributed by atoms with Gasteiger partial charge >= 0.3 is 0 Å². The van der Waals surface area contributed by atoms with E-state index in [-0.39, 0.29) is 24.5 Å². The van der Waals surface area contributed by atoms with E-state index in [4.69, 9.17) is 25.8 Å². The number of piperazine rings is 1. The van der Waals surface area contributed by atoms with E-state index in [9.17, 15) is 9.59 Å². The molecular weight excluding hydrogens is 546 g/mol. The summed E-state index contributed by atoms with van der Waals surface area (Å²) in [6, 6.07) is 16.2. The number of benzene rings is 2. The predicted octanol–water partition coefficient (Wildman–Crippen LogP) is 3.78. The SMILES string of the molecule is COc1ccc(-c2ccc(N3CCN(C(=O)CN(CC4CCCO4)C(=O)c4ccc(Cl)cc4)CC3)nn2)cc1OC. The molecule has 1 aromatic heterocycles. The second kappa shape index (κ2) is 13.2. The van der Waals surface area contributed by atoms with Gasteiger partial charge in [0.15, 0.2) is 17.3 Å². The van der Waals surface area contributed by atoms with Crippen LogP contribution < -0.4 is 14.4 Å². The van der Waals surface area contributed by atoms with Gasteiger partial charge in [-0.15, -0.1) is 10.2 Å². The summed E-state index contributed by atoms with van der Waals surface area (Å²) < 4.78 is 16.5. The van der Waals surface area contributed by atoms with E-state index in [1.807, 2.05) is 30.3 Å². The fourth-order valence-corrected chi connectivity index (χ4v) is 5.25. The van der Waals surface area contributed by atoms with Gasteiger partial charge in [-0.3, -0.25) is 9.59 Å². The molecular formula is C30H34ClN5O5. The lowest BCUT2D eigenvalue weighted by molar-refractivity contribution is -0.132. The van der Waals surface area contributed by atoms with E-state index in [0.717, 1.165) is 29.9 Å². The van der Waals surface area contributed by atoms with Crippen LogP contribution >= 0.6 is 11.6 Å². The average Bonchev–Trinajstić information content (AvgIpc) is 3.54. The molecule has 2 fully saturated rings. The molecule has 11 heteroatoms. The van der Waals surface area contributed by atoms with Gasteiger partial charge in [0.05, 0.1) is 26.0 Å². The third kappa shape index (κ3) is 6.89. The highest BCUT2D eigenvalue weighted by Crippen LogP contribution is 2.31. The smallest absolute Gasteiger partial charge is 0.254 e. The second-order valence-corrected chi connectivity index (χ2v) is 10.5. The number of hydrogen-bond donors (Lipinski definition) is 0. The van der Waals surface area contributed by atoms with Crippen LogP contribution in [0.5, 0.6) is 11.5 Å². The van der Waals surface area contributed by atoms with Crippen molar-refractivity contribution in [1.82, 2.24) is 20.0 Å². The number of ether oxygens (including phenoxy) is 3. The van der Waals surface area contributed by atoms with Crippen LogP contribution in [0.15, 0.2) is 54.6 Å². The Balaban J connectivity index is 1.19. The molecule has 5 rings (SSSR count). The van der Waals surface area contributed by atoms with Gasteiger partial charge in [0.2, 0.25) is 5.91 Å². The first-order valence-corrected chi connectivity index (χ1v) is 14.1. The number of nitrogens with zero attached hydrogens (tertiary/aromatic N) is 5. The Hall–Kier alpha value is -3.89. The van der Waals surface area contributed by atoms with Gasteiger partial charge in [-0.05, 0) is 67.4 Å². The van der Waals surface area contributed by atoms with E-state index in [1.165, 1.54) is 0 Å². The molecule has 216 valence electrons. The van der Waals surface area contributed by atoms with Crippen LogP contribution in [-0.2, 0) is 9.53 Å². The first-order chi connectivity index (χ1) is 19.9. The standard InChI is InChI=1S/C30H34ClN5O5/c1-39-26-11-7-22(18-27(26)40-2)25-10-12-28(33-32-25)34-13-15-35(16-14-34)29(37)20-36(19-24-4-3-17-41-24)30(38)21-5-8-23(31)9-6-21/h5-12,18,24H,3-4,13-17,19-20H2,1-2H3. The van der Waals surface area contributed by atoms with Crippen molar-refractivity contribution in [3.8, 4) is 22.8 Å². The van der Waals surface area contributed by atoms with Crippen LogP contribution in [0.3, 0.4) is 0 Å². The predicted molar refractivity (Wildman–Crippen MR) is 156 cm³/mol. The highest BCUT2D eigenvalue weighted by molar-refractivity contribution is 6.30. The average molecular weight is 580 g/mol. The molecule has 3 aromatic rings. The summed E-state index contributed by atoms with van der Waals surface area (Å²) in [5.41, 5.74) is 2.10. The number of halogens is 1. The maximum Gasteiger partial charge on any atom is 0.254 e. The molecule has 0 spiro atoms. The molecule has 41 heavy (non-hydrogen) atoms. The van der Waals surface area contributed by atoms with E-state index < -0.39 is 0 Å². The molecule has 0 N–H and O–H groups in total. The molecule has 0 saturated carbocycles. The molecule has 0 bridgehead atoms. The lowest BCUT2D eigenvalue weighted by Crippen LogP contribution is -2.52. The van der Waals surface area contributed by atoms with Crippen LogP contribution in [-0.4, -0.2) is 98.0 Å². The van der Waals surface area contributed by atoms with Gasteiger partial charge < -0.3 is 28.9 Å². The minimum absolute atomic E-state index is 0.00114. The van der Waals surface area contributed by atoms with Crippen LogP contribution in [0.25, 0.3) is 11.3 Å². The Morgan fingerprint density at radius 2 is 1.73 bits per heavy atom. The molecule has 1 unspecified atom stereocenters. The van der Waals surface area contributed by atoms with Crippen molar-refractivity contribution >= 4 is 29.2 Å². The van der Waals surface area contributed by atoms with E-state index in [1.54, 1.807) is 48.3 Å². The monoisotopic (exact) mass is 579 g/mol. The number of rotatable bonds is 9. The summed E-state index contributed by atoms with van der Waals surface area (Å²) in [5, 5.41) is 9.41. The van der Waals surface area contributed by atoms with Crippen molar-refractivity contribution in [3.05, 3.63) is 65.2 Å². The molecule has 10 nitrogen and oxygen atoms in total. The van der Waals surface area contributed by atoms with Gasteiger partial charge in [-0.1, -0.05) is 11.6 Å². The molecule has 1 atom stereocenters. The lowest BCUT2D eigenvalue weighted by Gasteiger charge is -2.36. The summed E-state index contributed by atoms with van der Waals surface area (Å²) >= 11 is 6.01. The van der Waals surface area contributed by atoms with Crippen molar-refractivity contribution in [2.24, 2.45) is 0 Å². The normalized spacial score (nSPS) is 16.9. The second-order valence-electron chi connectivity index (χ2n) is 10.0. The fraction of sp³-hybridized carbons (Fsp3) is 0.400. The third-order valence-corrected chi connectivity index (χ3v) is 7.69. The molecule has 2 aliphatic rings. The van der Waals surface area contributed by atoms with Crippen molar-refractivity contribution in [2.75, 3.05) is 65.0 Å². The number of carbonyl (C=O) groups is 2. The van der Waals surface area contributed by atoms with Crippen LogP contribution in [0.2, 0.25) is 5.02 Å². The number of carbonyl (C=O) groups excluding carboxylic acids is 2. The van der Waals surface area contributed by atoms with E-state index in [2.05, 4.69) is 15.1 Å². The topological polar surface area (TPSA) is 97.3 Å². The summed E-state index contributed by atoms with van der Waals surface area (Å²) in [5.74, 6) is 1.74. The Bertz CT molecular complexity index is 1340. The fourth-order valence-electron chi connectivity index (χ4n) is 5.12. The minimum Gasteiger partial charge on any atom is -0.493 e. The van der Waals surface area contributed by atoms with Gasteiger partial charge in [0.25, 0.3) is 5.91 Å². The van der Waals surface area contributed by atoms with Gasteiger partial charge in [-0.25, -0.2) is 0 Å². The largest absolute Gasteiger partial charge is 0.493 e. The van der Waals surface area contributed by atoms with Crippen LogP contribution in [0, 0.1) is 0 Å². The maximum atomic E-state index is 13.3. The van der Waals surface area contributed by atoms with Crippen LogP contribution in [0.1, 0.15) is 23.2 Å². The number of aromatic nitrogens is 2. The molecule has 2 aliphatic heterocycles. The molecule has 0 aliphatic carbocycles. The van der Waals surface area contributed by atoms with Crippen molar-refractivity contribution in [2.45, 2.75) is 18.9 Å². The first-order valence-electron chi connectivity index (χ1n) is 13.7. The molecule has 0 radical (unpaired) electrons. The Morgan fingerprint density at radius 3 is 2.37 bits per heavy atom. The van der Waals surface area contributed by atoms with Crippen molar-refractivity contribution in [3.63, 3.8) is 0 Å². The summed E-state index contributed by atoms with van der Waals surface area (Å²) in [4.78, 5) is 32.2. The number of hydrogen-bond acceptors (Lipinski definition) is 8. The minimum atomic E-state index is -0.200. The first kappa shape index (κ1) is 28.6. The zero-order valence-corrected chi connectivity index (χ0v) is 24.0. The quantitative estimate of drug-likeness (QED) is 0.378. The summed E-state index contributed by atoms with van der Waals surface area (Å²) in [7, 11) is 3.20. The summed E-state index contributed by atoms with van der Waals surface area (Å²) in [6.07, 6.45) is 1.78. The molecule has 3 heterocycles. The van der Waals surface area contributed by atoms with Crippen molar-refractivity contribution < 1.29 is 23.8 Å². The van der Waals surface area contributed by atoms with Gasteiger partial charge in [0, 0.05) is 55.5 Å². The van der Waals surface area contributed by atoms with Gasteiger partial charge in [-0.2, -0.15) is 0 Å². The van der Waals surface area contributed by atoms with Gasteiger partial charge in [0.1, 0.15) is 6.54 Å². The van der Waals surface area contributed by atoms with Crippen molar-refractivity contribution in [1.29, 1.82) is 0 Å². The zero-order chi connectivity index (χ0) is 28.8. The maximum absolute atomic E-state index is 13.3. The lowest BCUT2D eigenvalue weighted by atomic mass is 10.1. The highest BCUT2D eigenvalue weighted by Gasteiger charge is 2.29. The number of methoxy groups -OCH3 is 2. The number of amides is 2. The molecule has 2 saturated heterocycles. The third-order valence-electron chi connectivity index (χ3n) is 7.44. The summed E-state index contributed by atoms with van der Waals surface area (Å²) in [6.45, 7) is 3.36. The Kier molecular flexibility index (Phi) is 9.21. The number of anilines is 1. The zero-order valence-electron chi connectivity index (χ0n) is 23.3. The van der Waals surface area contributed by atoms with Crippen LogP contribution in [0.4, 0.5) is 5.82 Å².